The summed E-state index contributed by atoms with van der Waals surface area (Å²) in [4.78, 5) is 47.0. The molecule has 1 aliphatic carbocycles. The molecule has 4 rings (SSSR count). The summed E-state index contributed by atoms with van der Waals surface area (Å²) in [7, 11) is 0. The zero-order valence-corrected chi connectivity index (χ0v) is 20.8. The Morgan fingerprint density at radius 2 is 1.63 bits per heavy atom. The normalized spacial score (nSPS) is 16.4. The Hall–Kier alpha value is -3.10. The number of hydrogen-bond acceptors (Lipinski definition) is 4. The van der Waals surface area contributed by atoms with E-state index in [0.717, 1.165) is 36.3 Å². The molecule has 0 atom stereocenters. The largest absolute Gasteiger partial charge is 0.480 e. The summed E-state index contributed by atoms with van der Waals surface area (Å²) in [6.07, 6.45) is 5.05. The van der Waals surface area contributed by atoms with Crippen molar-refractivity contribution >= 4 is 52.7 Å². The zero-order valence-electron chi connectivity index (χ0n) is 19.3. The minimum Gasteiger partial charge on any atom is -0.480 e. The number of aliphatic carboxylic acids is 1. The van der Waals surface area contributed by atoms with Gasteiger partial charge in [-0.3, -0.25) is 19.3 Å². The Morgan fingerprint density at radius 3 is 2.17 bits per heavy atom. The lowest BCUT2D eigenvalue weighted by Gasteiger charge is -2.30. The Labute approximate surface area is 213 Å². The molecule has 35 heavy (non-hydrogen) atoms. The molecular formula is C25H27Cl2N3O5. The number of anilines is 1. The molecule has 186 valence electrons. The molecule has 0 radical (unpaired) electrons. The van der Waals surface area contributed by atoms with Crippen molar-refractivity contribution in [3.8, 4) is 0 Å². The monoisotopic (exact) mass is 519 g/mol. The van der Waals surface area contributed by atoms with E-state index in [4.69, 9.17) is 28.3 Å². The maximum Gasteiger partial charge on any atom is 0.325 e. The Bertz CT molecular complexity index is 1090. The second-order valence-corrected chi connectivity index (χ2v) is 9.27. The fourth-order valence-electron chi connectivity index (χ4n) is 4.18. The van der Waals surface area contributed by atoms with Crippen LogP contribution in [0.5, 0.6) is 0 Å². The number of benzene rings is 2. The van der Waals surface area contributed by atoms with Gasteiger partial charge in [0, 0.05) is 5.69 Å². The summed E-state index contributed by atoms with van der Waals surface area (Å²) >= 11 is 12.0. The van der Waals surface area contributed by atoms with Crippen LogP contribution in [0.4, 0.5) is 10.5 Å². The molecule has 4 amide bonds. The zero-order chi connectivity index (χ0) is 25.6. The molecule has 8 nitrogen and oxygen atoms in total. The summed E-state index contributed by atoms with van der Waals surface area (Å²) in [5.74, 6) is -1.85. The molecule has 2 aromatic carbocycles. The van der Waals surface area contributed by atoms with Gasteiger partial charge in [0.25, 0.3) is 11.8 Å². The van der Waals surface area contributed by atoms with Crippen molar-refractivity contribution in [1.82, 2.24) is 10.2 Å². The van der Waals surface area contributed by atoms with Crippen molar-refractivity contribution in [2.24, 2.45) is 0 Å². The number of nitrogens with zero attached hydrogens (tertiary/aromatic N) is 1. The van der Waals surface area contributed by atoms with E-state index < -0.39 is 24.1 Å². The van der Waals surface area contributed by atoms with Crippen molar-refractivity contribution in [2.75, 3.05) is 11.9 Å². The molecule has 2 aliphatic rings. The Balaban J connectivity index is 0.000000198. The molecule has 2 aromatic rings. The van der Waals surface area contributed by atoms with Crippen LogP contribution in [-0.2, 0) is 16.0 Å². The second kappa shape index (κ2) is 11.6. The minimum absolute atomic E-state index is 0.297. The van der Waals surface area contributed by atoms with Crippen LogP contribution in [0.25, 0.3) is 0 Å². The molecule has 1 saturated heterocycles. The number of urea groups is 1. The first-order chi connectivity index (χ1) is 16.7. The lowest BCUT2D eigenvalue weighted by Crippen LogP contribution is -2.48. The van der Waals surface area contributed by atoms with Crippen molar-refractivity contribution in [3.63, 3.8) is 0 Å². The lowest BCUT2D eigenvalue weighted by atomic mass is 9.82. The SMILES string of the molecule is CCc1ccc(NC(=O)c2c(Cl)cccc2Cl)cc1.O=C(O)CN1C(=O)NC2(CCCCC2)C1=O. The first-order valence-corrected chi connectivity index (χ1v) is 12.1. The number of hydrogen-bond donors (Lipinski definition) is 3. The van der Waals surface area contributed by atoms with Crippen LogP contribution in [0, 0.1) is 0 Å². The molecule has 1 saturated carbocycles. The molecule has 0 bridgehead atoms. The number of nitrogens with one attached hydrogen (secondary N) is 2. The summed E-state index contributed by atoms with van der Waals surface area (Å²) < 4.78 is 0. The average Bonchev–Trinajstić information content (AvgIpc) is 3.04. The van der Waals surface area contributed by atoms with Gasteiger partial charge in [0.05, 0.1) is 15.6 Å². The molecule has 1 spiro atoms. The van der Waals surface area contributed by atoms with Gasteiger partial charge in [-0.1, -0.05) is 67.6 Å². The fourth-order valence-corrected chi connectivity index (χ4v) is 4.75. The van der Waals surface area contributed by atoms with Gasteiger partial charge in [0.1, 0.15) is 12.1 Å². The number of carbonyl (C=O) groups excluding carboxylic acids is 3. The van der Waals surface area contributed by atoms with Gasteiger partial charge in [-0.2, -0.15) is 0 Å². The lowest BCUT2D eigenvalue weighted by molar-refractivity contribution is -0.143. The highest BCUT2D eigenvalue weighted by Crippen LogP contribution is 2.33. The highest BCUT2D eigenvalue weighted by Gasteiger charge is 2.51. The smallest absolute Gasteiger partial charge is 0.325 e. The van der Waals surface area contributed by atoms with Gasteiger partial charge >= 0.3 is 12.0 Å². The Morgan fingerprint density at radius 1 is 1.03 bits per heavy atom. The number of amides is 4. The highest BCUT2D eigenvalue weighted by molar-refractivity contribution is 6.40. The van der Waals surface area contributed by atoms with Gasteiger partial charge in [0.2, 0.25) is 0 Å². The standard InChI is InChI=1S/C15H13Cl2NO.C10H14N2O4/c1-2-10-6-8-11(9-7-10)18-15(19)14-12(16)4-3-5-13(14)17;13-7(14)6-12-8(15)10(11-9(12)16)4-2-1-3-5-10/h3-9H,2H2,1H3,(H,18,19);1-6H2,(H,11,16)(H,13,14). The third-order valence-electron chi connectivity index (χ3n) is 6.06. The number of rotatable bonds is 5. The van der Waals surface area contributed by atoms with Gasteiger partial charge < -0.3 is 15.7 Å². The van der Waals surface area contributed by atoms with Gasteiger partial charge in [0.15, 0.2) is 0 Å². The average molecular weight is 520 g/mol. The van der Waals surface area contributed by atoms with Crippen LogP contribution < -0.4 is 10.6 Å². The predicted octanol–water partition coefficient (Wildman–Crippen LogP) is 5.13. The quantitative estimate of drug-likeness (QED) is 0.473. The molecule has 1 aliphatic heterocycles. The van der Waals surface area contributed by atoms with E-state index in [9.17, 15) is 19.2 Å². The van der Waals surface area contributed by atoms with E-state index in [0.29, 0.717) is 28.5 Å². The van der Waals surface area contributed by atoms with Crippen molar-refractivity contribution in [3.05, 3.63) is 63.6 Å². The predicted molar refractivity (Wildman–Crippen MR) is 134 cm³/mol. The second-order valence-electron chi connectivity index (χ2n) is 8.46. The van der Waals surface area contributed by atoms with E-state index >= 15 is 0 Å². The summed E-state index contributed by atoms with van der Waals surface area (Å²) in [5, 5.41) is 14.7. The third-order valence-corrected chi connectivity index (χ3v) is 6.69. The van der Waals surface area contributed by atoms with Crippen LogP contribution in [-0.4, -0.2) is 45.9 Å². The number of carbonyl (C=O) groups is 4. The topological polar surface area (TPSA) is 116 Å². The summed E-state index contributed by atoms with van der Waals surface area (Å²) in [6.45, 7) is 1.53. The number of imide groups is 1. The molecule has 3 N–H and O–H groups in total. The van der Waals surface area contributed by atoms with Crippen LogP contribution >= 0.6 is 23.2 Å². The third kappa shape index (κ3) is 6.32. The molecule has 1 heterocycles. The summed E-state index contributed by atoms with van der Waals surface area (Å²) in [6, 6.07) is 12.1. The fraction of sp³-hybridized carbons (Fsp3) is 0.360. The molecular weight excluding hydrogens is 493 g/mol. The highest BCUT2D eigenvalue weighted by atomic mass is 35.5. The van der Waals surface area contributed by atoms with Crippen LogP contribution in [0.2, 0.25) is 10.0 Å². The number of halogens is 2. The van der Waals surface area contributed by atoms with Crippen LogP contribution in [0.1, 0.15) is 54.9 Å². The van der Waals surface area contributed by atoms with Gasteiger partial charge in [-0.05, 0) is 49.1 Å². The van der Waals surface area contributed by atoms with Crippen molar-refractivity contribution < 1.29 is 24.3 Å². The molecule has 0 aromatic heterocycles. The van der Waals surface area contributed by atoms with Gasteiger partial charge in [-0.25, -0.2) is 4.79 Å². The first-order valence-electron chi connectivity index (χ1n) is 11.4. The maximum absolute atomic E-state index is 12.1. The van der Waals surface area contributed by atoms with Crippen molar-refractivity contribution in [2.45, 2.75) is 51.0 Å². The number of carboxylic acid groups (broad SMARTS) is 1. The van der Waals surface area contributed by atoms with Gasteiger partial charge in [-0.15, -0.1) is 0 Å². The molecule has 10 heteroatoms. The maximum atomic E-state index is 12.1. The Kier molecular flexibility index (Phi) is 8.75. The van der Waals surface area contributed by atoms with E-state index in [1.807, 2.05) is 24.3 Å². The van der Waals surface area contributed by atoms with E-state index in [1.54, 1.807) is 18.2 Å². The number of carboxylic acids is 1. The van der Waals surface area contributed by atoms with E-state index in [1.165, 1.54) is 5.56 Å². The summed E-state index contributed by atoms with van der Waals surface area (Å²) in [5.41, 5.74) is 1.42. The molecule has 2 fully saturated rings. The van der Waals surface area contributed by atoms with Crippen molar-refractivity contribution in [1.29, 1.82) is 0 Å². The van der Waals surface area contributed by atoms with E-state index in [2.05, 4.69) is 17.6 Å². The number of aryl methyl sites for hydroxylation is 1. The van der Waals surface area contributed by atoms with E-state index in [-0.39, 0.29) is 11.8 Å². The molecule has 0 unspecified atom stereocenters. The first kappa shape index (κ1) is 26.5. The van der Waals surface area contributed by atoms with Crippen LogP contribution in [0.15, 0.2) is 42.5 Å². The van der Waals surface area contributed by atoms with Crippen LogP contribution in [0.3, 0.4) is 0 Å². The minimum atomic E-state index is -1.17.